The molecule has 0 aliphatic rings. The molecule has 6 heteroatoms. The van der Waals surface area contributed by atoms with Gasteiger partial charge in [0.05, 0.1) is 30.5 Å². The van der Waals surface area contributed by atoms with E-state index >= 15 is 0 Å². The minimum atomic E-state index is -1.40. The van der Waals surface area contributed by atoms with Gasteiger partial charge in [-0.25, -0.2) is 0 Å². The molecule has 9 rings (SSSR count). The summed E-state index contributed by atoms with van der Waals surface area (Å²) in [5.41, 5.74) is 14.5. The van der Waals surface area contributed by atoms with Crippen LogP contribution in [-0.2, 0) is 26.5 Å². The fraction of sp³-hybridized carbons (Fsp3) is 0.236. The van der Waals surface area contributed by atoms with E-state index in [1.807, 2.05) is 36.4 Å². The van der Waals surface area contributed by atoms with Gasteiger partial charge in [-0.2, -0.15) is 0 Å². The van der Waals surface area contributed by atoms with E-state index in [0.29, 0.717) is 17.8 Å². The molecule has 3 aromatic heterocycles. The number of pyridine rings is 1. The summed E-state index contributed by atoms with van der Waals surface area (Å²) in [6.45, 7) is 20.8. The number of fused-ring (bicyclic) bond motifs is 4. The Morgan fingerprint density at radius 3 is 2.05 bits per heavy atom. The standard InChI is InChI=1S/C31H27N2O.C24H28NSi.Ir/c1-19(2)21-12-9-13-22(20(3)4)29(21)33-27-17-7-6-16-26(27)32-31(33)25-15-10-14-24-23-11-5-8-18-28(23)34-30(24)25;1-18(2)14-22-16-23(25-17-24(22)26(3,4)5)21-13-9-12-20(15-21)19-10-7-6-8-11-19;/h5-14,16-20H,1-4H3;6-12,15-18H,14H2,1-5H3;/q2*-1;. The van der Waals surface area contributed by atoms with Gasteiger partial charge in [0.25, 0.3) is 0 Å². The first-order valence-electron chi connectivity index (χ1n) is 21.4. The van der Waals surface area contributed by atoms with Gasteiger partial charge in [0.2, 0.25) is 0 Å². The Bertz CT molecular complexity index is 2910. The maximum absolute atomic E-state index is 6.40. The zero-order chi connectivity index (χ0) is 42.1. The average Bonchev–Trinajstić information content (AvgIpc) is 3.82. The predicted molar refractivity (Wildman–Crippen MR) is 256 cm³/mol. The minimum absolute atomic E-state index is 0. The Kier molecular flexibility index (Phi) is 13.1. The number of benzene rings is 6. The van der Waals surface area contributed by atoms with Crippen molar-refractivity contribution >= 4 is 46.2 Å². The summed E-state index contributed by atoms with van der Waals surface area (Å²) in [6.07, 6.45) is 3.23. The molecule has 0 amide bonds. The quantitative estimate of drug-likeness (QED) is 0.107. The SMILES string of the molecule is CC(C)Cc1cc(-c2[c-]ccc(-c3ccccc3)c2)ncc1[Si](C)(C)C.CC(C)c1cccc(C(C)C)c1-n1c(-c2[c-]ccc3c2oc2ccccc23)nc2ccccc21.[Ir]. The van der Waals surface area contributed by atoms with Crippen LogP contribution in [0.4, 0.5) is 0 Å². The van der Waals surface area contributed by atoms with Crippen molar-refractivity contribution in [2.24, 2.45) is 5.92 Å². The molecule has 0 saturated heterocycles. The molecular weight excluding hydrogens is 939 g/mol. The van der Waals surface area contributed by atoms with Crippen molar-refractivity contribution in [2.45, 2.75) is 79.4 Å². The molecule has 4 nitrogen and oxygen atoms in total. The molecular formula is C55H55IrN3OSi-2. The van der Waals surface area contributed by atoms with Crippen molar-refractivity contribution in [3.05, 3.63) is 168 Å². The molecule has 0 fully saturated rings. The van der Waals surface area contributed by atoms with E-state index < -0.39 is 8.07 Å². The Labute approximate surface area is 376 Å². The number of nitrogens with zero attached hydrogens (tertiary/aromatic N) is 3. The van der Waals surface area contributed by atoms with Crippen LogP contribution in [-0.4, -0.2) is 22.6 Å². The zero-order valence-electron chi connectivity index (χ0n) is 36.8. The molecule has 3 heterocycles. The summed E-state index contributed by atoms with van der Waals surface area (Å²) < 4.78 is 8.73. The first-order valence-corrected chi connectivity index (χ1v) is 24.9. The van der Waals surface area contributed by atoms with E-state index in [2.05, 4.69) is 181 Å². The second kappa shape index (κ2) is 18.3. The molecule has 61 heavy (non-hydrogen) atoms. The van der Waals surface area contributed by atoms with Gasteiger partial charge in [0.1, 0.15) is 5.58 Å². The number of rotatable bonds is 9. The summed E-state index contributed by atoms with van der Waals surface area (Å²) in [5, 5.41) is 3.68. The molecule has 0 aliphatic heterocycles. The molecule has 0 bridgehead atoms. The molecule has 9 aromatic rings. The number of furan rings is 1. The summed E-state index contributed by atoms with van der Waals surface area (Å²) >= 11 is 0. The van der Waals surface area contributed by atoms with Gasteiger partial charge in [-0.1, -0.05) is 163 Å². The summed E-state index contributed by atoms with van der Waals surface area (Å²) in [6, 6.07) is 53.3. The molecule has 0 N–H and O–H groups in total. The Morgan fingerprint density at radius 2 is 1.34 bits per heavy atom. The number of imidazole rings is 1. The minimum Gasteiger partial charge on any atom is -0.501 e. The van der Waals surface area contributed by atoms with Crippen LogP contribution in [0.5, 0.6) is 0 Å². The normalized spacial score (nSPS) is 11.7. The van der Waals surface area contributed by atoms with Crippen molar-refractivity contribution in [3.63, 3.8) is 0 Å². The van der Waals surface area contributed by atoms with Crippen molar-refractivity contribution < 1.29 is 24.5 Å². The van der Waals surface area contributed by atoms with E-state index in [4.69, 9.17) is 14.4 Å². The number of para-hydroxylation sites is 4. The van der Waals surface area contributed by atoms with Gasteiger partial charge in [0, 0.05) is 37.4 Å². The fourth-order valence-corrected chi connectivity index (χ4v) is 9.99. The molecule has 0 aliphatic carbocycles. The van der Waals surface area contributed by atoms with Crippen molar-refractivity contribution in [2.75, 3.05) is 0 Å². The molecule has 1 radical (unpaired) electrons. The summed E-state index contributed by atoms with van der Waals surface area (Å²) in [7, 11) is -1.40. The van der Waals surface area contributed by atoms with Crippen LogP contribution in [0.25, 0.3) is 72.4 Å². The number of hydrogen-bond acceptors (Lipinski definition) is 3. The Hall–Kier alpha value is -5.39. The first-order chi connectivity index (χ1) is 28.9. The van der Waals surface area contributed by atoms with Crippen LogP contribution in [0, 0.1) is 18.1 Å². The molecule has 0 unspecified atom stereocenters. The number of aromatic nitrogens is 3. The van der Waals surface area contributed by atoms with E-state index in [1.165, 1.54) is 38.7 Å². The van der Waals surface area contributed by atoms with Gasteiger partial charge in [-0.15, -0.1) is 53.6 Å². The maximum Gasteiger partial charge on any atom is 0.120 e. The molecule has 6 aromatic carbocycles. The summed E-state index contributed by atoms with van der Waals surface area (Å²) in [4.78, 5) is 9.97. The van der Waals surface area contributed by atoms with Crippen LogP contribution in [0.1, 0.15) is 70.1 Å². The van der Waals surface area contributed by atoms with Gasteiger partial charge < -0.3 is 14.0 Å². The van der Waals surface area contributed by atoms with Crippen molar-refractivity contribution in [1.82, 2.24) is 14.5 Å². The van der Waals surface area contributed by atoms with Gasteiger partial charge >= 0.3 is 0 Å². The van der Waals surface area contributed by atoms with Gasteiger partial charge in [-0.3, -0.25) is 4.98 Å². The Balaban J connectivity index is 0.000000188. The second-order valence-electron chi connectivity index (χ2n) is 18.0. The van der Waals surface area contributed by atoms with E-state index in [0.717, 1.165) is 62.0 Å². The zero-order valence-corrected chi connectivity index (χ0v) is 40.2. The largest absolute Gasteiger partial charge is 0.501 e. The third kappa shape index (κ3) is 9.00. The average molecular weight is 994 g/mol. The molecule has 311 valence electrons. The van der Waals surface area contributed by atoms with Crippen LogP contribution in [0.2, 0.25) is 19.6 Å². The monoisotopic (exact) mass is 994 g/mol. The van der Waals surface area contributed by atoms with Crippen LogP contribution >= 0.6 is 0 Å². The summed E-state index contributed by atoms with van der Waals surface area (Å²) in [5.74, 6) is 2.24. The van der Waals surface area contributed by atoms with Crippen LogP contribution in [0.15, 0.2) is 144 Å². The second-order valence-corrected chi connectivity index (χ2v) is 23.0. The van der Waals surface area contributed by atoms with Gasteiger partial charge in [-0.05, 0) is 69.9 Å². The Morgan fingerprint density at radius 1 is 0.672 bits per heavy atom. The number of hydrogen-bond donors (Lipinski definition) is 0. The predicted octanol–water partition coefficient (Wildman–Crippen LogP) is 14.6. The van der Waals surface area contributed by atoms with Crippen molar-refractivity contribution in [1.29, 1.82) is 0 Å². The van der Waals surface area contributed by atoms with E-state index in [1.54, 1.807) is 0 Å². The van der Waals surface area contributed by atoms with Crippen LogP contribution < -0.4 is 5.19 Å². The van der Waals surface area contributed by atoms with Crippen LogP contribution in [0.3, 0.4) is 0 Å². The van der Waals surface area contributed by atoms with E-state index in [9.17, 15) is 0 Å². The fourth-order valence-electron chi connectivity index (χ4n) is 8.40. The first kappa shape index (κ1) is 43.7. The smallest absolute Gasteiger partial charge is 0.120 e. The van der Waals surface area contributed by atoms with Gasteiger partial charge in [0.15, 0.2) is 0 Å². The molecule has 0 saturated carbocycles. The molecule has 0 spiro atoms. The van der Waals surface area contributed by atoms with E-state index in [-0.39, 0.29) is 20.1 Å². The molecule has 0 atom stereocenters. The maximum atomic E-state index is 6.40. The van der Waals surface area contributed by atoms with Crippen molar-refractivity contribution in [3.8, 4) is 39.5 Å². The topological polar surface area (TPSA) is 43.9 Å². The third-order valence-corrected chi connectivity index (χ3v) is 13.4. The third-order valence-electron chi connectivity index (χ3n) is 11.3.